The molecule has 1 saturated carbocycles. The van der Waals surface area contributed by atoms with Crippen LogP contribution in [0.3, 0.4) is 0 Å². The lowest BCUT2D eigenvalue weighted by Gasteiger charge is -2.50. The van der Waals surface area contributed by atoms with Crippen molar-refractivity contribution in [2.24, 2.45) is 29.4 Å². The molecule has 1 aromatic carbocycles. The van der Waals surface area contributed by atoms with Crippen LogP contribution in [0.15, 0.2) is 23.0 Å². The molecule has 1 fully saturated rings. The van der Waals surface area contributed by atoms with Crippen molar-refractivity contribution in [2.45, 2.75) is 38.8 Å². The van der Waals surface area contributed by atoms with Gasteiger partial charge < -0.3 is 36.0 Å². The van der Waals surface area contributed by atoms with Gasteiger partial charge in [-0.3, -0.25) is 14.4 Å². The Labute approximate surface area is 215 Å². The fourth-order valence-corrected chi connectivity index (χ4v) is 6.45. The Bertz CT molecular complexity index is 1280. The lowest BCUT2D eigenvalue weighted by Crippen LogP contribution is -2.62. The summed E-state index contributed by atoms with van der Waals surface area (Å²) in [5.41, 5.74) is 3.91. The first-order valence-corrected chi connectivity index (χ1v) is 12.3. The van der Waals surface area contributed by atoms with Gasteiger partial charge in [0.2, 0.25) is 5.78 Å². The van der Waals surface area contributed by atoms with E-state index in [0.29, 0.717) is 17.7 Å². The number of hydrogen-bond acceptors (Lipinski definition) is 9. The first-order valence-electron chi connectivity index (χ1n) is 12.3. The third-order valence-corrected chi connectivity index (χ3v) is 7.99. The minimum Gasteiger partial charge on any atom is -0.508 e. The van der Waals surface area contributed by atoms with Crippen LogP contribution < -0.4 is 10.6 Å². The Balaban J connectivity index is 2.00. The van der Waals surface area contributed by atoms with Gasteiger partial charge in [0, 0.05) is 49.3 Å². The van der Waals surface area contributed by atoms with Crippen molar-refractivity contribution < 1.29 is 34.8 Å². The van der Waals surface area contributed by atoms with Gasteiger partial charge in [-0.15, -0.1) is 0 Å². The largest absolute Gasteiger partial charge is 0.508 e. The van der Waals surface area contributed by atoms with Gasteiger partial charge in [0.15, 0.2) is 11.4 Å². The Hall–Kier alpha value is -3.37. The van der Waals surface area contributed by atoms with Crippen LogP contribution in [-0.4, -0.2) is 76.6 Å². The van der Waals surface area contributed by atoms with Crippen LogP contribution in [0.2, 0.25) is 0 Å². The molecule has 3 aliphatic rings. The summed E-state index contributed by atoms with van der Waals surface area (Å²) in [7, 11) is 7.36. The number of fused-ring (bicyclic) bond motifs is 3. The van der Waals surface area contributed by atoms with E-state index in [1.165, 1.54) is 0 Å². The Kier molecular flexibility index (Phi) is 6.41. The minimum atomic E-state index is -2.61. The van der Waals surface area contributed by atoms with Crippen molar-refractivity contribution in [3.05, 3.63) is 39.7 Å². The smallest absolute Gasteiger partial charge is 0.255 e. The summed E-state index contributed by atoms with van der Waals surface area (Å²) >= 11 is 0. The molecule has 3 aliphatic carbocycles. The first-order chi connectivity index (χ1) is 17.1. The Morgan fingerprint density at radius 2 is 1.78 bits per heavy atom. The number of benzene rings is 1. The van der Waals surface area contributed by atoms with Crippen molar-refractivity contribution >= 4 is 28.9 Å². The second kappa shape index (κ2) is 8.88. The molecule has 0 aromatic heterocycles. The third kappa shape index (κ3) is 3.73. The van der Waals surface area contributed by atoms with Crippen molar-refractivity contribution in [1.82, 2.24) is 4.90 Å². The number of carbonyl (C=O) groups is 3. The molecule has 4 rings (SSSR count). The van der Waals surface area contributed by atoms with E-state index in [-0.39, 0.29) is 35.6 Å². The molecule has 0 unspecified atom stereocenters. The summed E-state index contributed by atoms with van der Waals surface area (Å²) in [5.74, 6) is -7.56. The number of aliphatic hydroxyl groups excluding tert-OH is 2. The highest BCUT2D eigenvalue weighted by molar-refractivity contribution is 6.23. The number of aliphatic hydroxyl groups is 3. The predicted octanol–water partition coefficient (Wildman–Crippen LogP) is 1.43. The minimum absolute atomic E-state index is 0.0961. The van der Waals surface area contributed by atoms with Gasteiger partial charge in [0.1, 0.15) is 22.8 Å². The molecule has 1 amide bonds. The predicted molar refractivity (Wildman–Crippen MR) is 137 cm³/mol. The number of anilines is 1. The fraction of sp³-hybridized carbons (Fsp3) is 0.519. The lowest BCUT2D eigenvalue weighted by atomic mass is 9.54. The number of nitrogens with zero attached hydrogens (tertiary/aromatic N) is 2. The summed E-state index contributed by atoms with van der Waals surface area (Å²) < 4.78 is 0. The zero-order valence-electron chi connectivity index (χ0n) is 22.0. The van der Waals surface area contributed by atoms with Gasteiger partial charge >= 0.3 is 0 Å². The normalized spacial score (nSPS) is 27.4. The molecule has 200 valence electrons. The molecule has 0 aliphatic heterocycles. The summed E-state index contributed by atoms with van der Waals surface area (Å²) in [6.07, 6.45) is 0.362. The summed E-state index contributed by atoms with van der Waals surface area (Å²) in [6, 6.07) is 1.85. The highest BCUT2D eigenvalue weighted by Gasteiger charge is 2.64. The standard InChI is InChI=1S/C27H35N3O7/c1-11(2)17-15-8-12-7-14-16(30(5)6)9-13(10-29(3)4)21(31)19(14)23(33)18(12)24(34)27(15,37)25(35)20(22(17)32)26(28)36/h9,11-12,15,17,31,33,35,37H,7-8,10H2,1-6H3,(H2,28,36)/t12-,15-,17-,27-/m0/s1. The number of nitrogens with two attached hydrogens (primary N) is 1. The van der Waals surface area contributed by atoms with Crippen LogP contribution in [0.5, 0.6) is 5.75 Å². The van der Waals surface area contributed by atoms with Crippen LogP contribution in [0.25, 0.3) is 5.76 Å². The van der Waals surface area contributed by atoms with E-state index in [1.54, 1.807) is 13.8 Å². The quantitative estimate of drug-likeness (QED) is 0.366. The number of phenolic OH excluding ortho intramolecular Hbond substituents is 1. The van der Waals surface area contributed by atoms with Gasteiger partial charge in [0.25, 0.3) is 5.91 Å². The van der Waals surface area contributed by atoms with Crippen LogP contribution >= 0.6 is 0 Å². The topological polar surface area (TPSA) is 165 Å². The number of primary amides is 1. The molecule has 0 heterocycles. The fourth-order valence-electron chi connectivity index (χ4n) is 6.45. The van der Waals surface area contributed by atoms with E-state index in [9.17, 15) is 34.8 Å². The molecule has 37 heavy (non-hydrogen) atoms. The maximum Gasteiger partial charge on any atom is 0.255 e. The molecule has 6 N–H and O–H groups in total. The summed E-state index contributed by atoms with van der Waals surface area (Å²) in [5, 5.41) is 45.3. The van der Waals surface area contributed by atoms with E-state index >= 15 is 0 Å². The molecule has 1 aromatic rings. The average molecular weight is 514 g/mol. The Morgan fingerprint density at radius 1 is 1.16 bits per heavy atom. The van der Waals surface area contributed by atoms with E-state index in [4.69, 9.17) is 5.73 Å². The zero-order chi connectivity index (χ0) is 27.7. The third-order valence-electron chi connectivity index (χ3n) is 7.99. The number of ketones is 2. The number of aromatic hydroxyl groups is 1. The summed E-state index contributed by atoms with van der Waals surface area (Å²) in [4.78, 5) is 43.0. The van der Waals surface area contributed by atoms with Crippen molar-refractivity contribution in [1.29, 1.82) is 0 Å². The number of rotatable bonds is 5. The van der Waals surface area contributed by atoms with Crippen LogP contribution in [-0.2, 0) is 27.3 Å². The molecule has 0 bridgehead atoms. The molecular formula is C27H35N3O7. The van der Waals surface area contributed by atoms with Crippen molar-refractivity contribution in [2.75, 3.05) is 33.1 Å². The number of Topliss-reactive ketones (excluding diaryl/α,β-unsaturated/α-hetero) is 2. The average Bonchev–Trinajstić information content (AvgIpc) is 2.77. The molecule has 0 spiro atoms. The molecule has 0 radical (unpaired) electrons. The first kappa shape index (κ1) is 26.7. The van der Waals surface area contributed by atoms with E-state index in [2.05, 4.69) is 0 Å². The molecule has 0 saturated heterocycles. The van der Waals surface area contributed by atoms with Gasteiger partial charge in [-0.05, 0) is 50.4 Å². The number of hydrogen-bond donors (Lipinski definition) is 5. The van der Waals surface area contributed by atoms with E-state index in [0.717, 1.165) is 5.69 Å². The summed E-state index contributed by atoms with van der Waals surface area (Å²) in [6.45, 7) is 3.85. The van der Waals surface area contributed by atoms with E-state index in [1.807, 2.05) is 44.1 Å². The molecule has 10 heteroatoms. The van der Waals surface area contributed by atoms with Crippen LogP contribution in [0.1, 0.15) is 37.0 Å². The van der Waals surface area contributed by atoms with Crippen molar-refractivity contribution in [3.8, 4) is 5.75 Å². The number of carbonyl (C=O) groups excluding carboxylic acids is 3. The monoisotopic (exact) mass is 513 g/mol. The maximum atomic E-state index is 14.0. The number of amides is 1. The van der Waals surface area contributed by atoms with Crippen molar-refractivity contribution in [3.63, 3.8) is 0 Å². The van der Waals surface area contributed by atoms with Gasteiger partial charge in [-0.1, -0.05) is 13.8 Å². The van der Waals surface area contributed by atoms with Gasteiger partial charge in [0.05, 0.1) is 5.56 Å². The molecular weight excluding hydrogens is 478 g/mol. The van der Waals surface area contributed by atoms with Crippen LogP contribution in [0.4, 0.5) is 5.69 Å². The maximum absolute atomic E-state index is 14.0. The second-order valence-corrected chi connectivity index (χ2v) is 11.2. The number of phenols is 1. The second-order valence-electron chi connectivity index (χ2n) is 11.2. The molecule has 10 nitrogen and oxygen atoms in total. The van der Waals surface area contributed by atoms with Crippen LogP contribution in [0, 0.1) is 23.7 Å². The zero-order valence-corrected chi connectivity index (χ0v) is 22.0. The lowest BCUT2D eigenvalue weighted by molar-refractivity contribution is -0.155. The Morgan fingerprint density at radius 3 is 2.30 bits per heavy atom. The highest BCUT2D eigenvalue weighted by Crippen LogP contribution is 2.55. The highest BCUT2D eigenvalue weighted by atomic mass is 16.3. The SMILES string of the molecule is CC(C)[C@@H]1C(=O)C(C(N)=O)=C(O)[C@@]2(O)C(=O)C3=C(O)c4c(O)c(CN(C)C)cc(N(C)C)c4C[C@H]3C[C@@H]12. The van der Waals surface area contributed by atoms with Gasteiger partial charge in [-0.2, -0.15) is 0 Å². The molecule has 4 atom stereocenters. The van der Waals surface area contributed by atoms with Gasteiger partial charge in [-0.25, -0.2) is 0 Å². The van der Waals surface area contributed by atoms with E-state index < -0.39 is 57.9 Å².